The fraction of sp³-hybridized carbons (Fsp3) is 0. The zero-order valence-corrected chi connectivity index (χ0v) is 8.08. The highest BCUT2D eigenvalue weighted by Gasteiger charge is 1.97. The molecule has 0 aliphatic rings. The molecule has 0 spiro atoms. The van der Waals surface area contributed by atoms with Gasteiger partial charge in [0.1, 0.15) is 0 Å². The van der Waals surface area contributed by atoms with Crippen LogP contribution in [0, 0.1) is 0 Å². The second-order valence-electron chi connectivity index (χ2n) is 3.03. The second-order valence-corrected chi connectivity index (χ2v) is 3.03. The fourth-order valence-electron chi connectivity index (χ4n) is 1.21. The summed E-state index contributed by atoms with van der Waals surface area (Å²) in [6, 6.07) is 11.4. The summed E-state index contributed by atoms with van der Waals surface area (Å²) in [5.74, 6) is -0.149. The first-order chi connectivity index (χ1) is 7.36. The largest absolute Gasteiger partial charge is 0.270 e. The van der Waals surface area contributed by atoms with Crippen molar-refractivity contribution >= 4 is 12.0 Å². The molecule has 1 aromatic carbocycles. The number of carbonyl (C=O) groups excluding carboxylic acids is 1. The van der Waals surface area contributed by atoms with Crippen LogP contribution in [0.2, 0.25) is 0 Å². The fourth-order valence-corrected chi connectivity index (χ4v) is 1.21. The van der Waals surface area contributed by atoms with Crippen LogP contribution in [0.25, 0.3) is 6.08 Å². The lowest BCUT2D eigenvalue weighted by atomic mass is 10.2. The second kappa shape index (κ2) is 4.37. The van der Waals surface area contributed by atoms with Gasteiger partial charge in [-0.2, -0.15) is 5.10 Å². The molecule has 74 valence electrons. The van der Waals surface area contributed by atoms with Crippen LogP contribution >= 0.6 is 0 Å². The van der Waals surface area contributed by atoms with Crippen molar-refractivity contribution in [3.8, 4) is 0 Å². The van der Waals surface area contributed by atoms with Crippen molar-refractivity contribution in [2.24, 2.45) is 0 Å². The maximum atomic E-state index is 11.5. The molecule has 3 nitrogen and oxygen atoms in total. The van der Waals surface area contributed by atoms with Crippen LogP contribution in [0.15, 0.2) is 54.9 Å². The summed E-state index contributed by atoms with van der Waals surface area (Å²) in [5, 5.41) is 3.84. The molecule has 3 heteroatoms. The minimum Gasteiger partial charge on any atom is -0.267 e. The summed E-state index contributed by atoms with van der Waals surface area (Å²) >= 11 is 0. The Hall–Kier alpha value is -2.16. The minimum absolute atomic E-state index is 0.149. The number of carbonyl (C=O) groups is 1. The van der Waals surface area contributed by atoms with Gasteiger partial charge in [0.15, 0.2) is 0 Å². The molecule has 0 amide bonds. The Labute approximate surface area is 87.7 Å². The van der Waals surface area contributed by atoms with Crippen LogP contribution in [0.3, 0.4) is 0 Å². The highest BCUT2D eigenvalue weighted by Crippen LogP contribution is 2.01. The molecule has 2 aromatic rings. The molecular weight excluding hydrogens is 188 g/mol. The molecule has 2 rings (SSSR count). The number of hydrogen-bond acceptors (Lipinski definition) is 2. The van der Waals surface area contributed by atoms with Crippen molar-refractivity contribution in [1.29, 1.82) is 0 Å². The molecule has 1 heterocycles. The monoisotopic (exact) mass is 198 g/mol. The van der Waals surface area contributed by atoms with Gasteiger partial charge in [0.05, 0.1) is 0 Å². The Morgan fingerprint density at radius 3 is 2.67 bits per heavy atom. The summed E-state index contributed by atoms with van der Waals surface area (Å²) in [6.07, 6.45) is 6.47. The van der Waals surface area contributed by atoms with E-state index in [0.717, 1.165) is 5.56 Å². The molecule has 0 aliphatic carbocycles. The lowest BCUT2D eigenvalue weighted by Gasteiger charge is -1.93. The average Bonchev–Trinajstić information content (AvgIpc) is 2.81. The zero-order chi connectivity index (χ0) is 10.5. The predicted molar refractivity (Wildman–Crippen MR) is 58.3 cm³/mol. The van der Waals surface area contributed by atoms with E-state index in [1.54, 1.807) is 24.5 Å². The molecule has 0 saturated carbocycles. The lowest BCUT2D eigenvalue weighted by Crippen LogP contribution is -2.06. The van der Waals surface area contributed by atoms with Gasteiger partial charge < -0.3 is 0 Å². The standard InChI is InChI=1S/C12H10N2O/c15-12(14-10-4-9-13-14)8-7-11-5-2-1-3-6-11/h1-10H/b8-7+. The van der Waals surface area contributed by atoms with Crippen molar-refractivity contribution in [3.63, 3.8) is 0 Å². The average molecular weight is 198 g/mol. The van der Waals surface area contributed by atoms with Gasteiger partial charge in [0, 0.05) is 18.5 Å². The quantitative estimate of drug-likeness (QED) is 0.693. The third-order valence-electron chi connectivity index (χ3n) is 1.95. The summed E-state index contributed by atoms with van der Waals surface area (Å²) in [5.41, 5.74) is 0.998. The van der Waals surface area contributed by atoms with Gasteiger partial charge in [-0.15, -0.1) is 0 Å². The molecular formula is C12H10N2O. The highest BCUT2D eigenvalue weighted by atomic mass is 16.2. The van der Waals surface area contributed by atoms with E-state index in [-0.39, 0.29) is 5.91 Å². The molecule has 15 heavy (non-hydrogen) atoms. The van der Waals surface area contributed by atoms with Crippen LogP contribution in [-0.4, -0.2) is 15.7 Å². The zero-order valence-electron chi connectivity index (χ0n) is 8.08. The smallest absolute Gasteiger partial charge is 0.267 e. The molecule has 0 unspecified atom stereocenters. The van der Waals surface area contributed by atoms with Crippen molar-refractivity contribution < 1.29 is 4.79 Å². The maximum absolute atomic E-state index is 11.5. The molecule has 0 saturated heterocycles. The predicted octanol–water partition coefficient (Wildman–Crippen LogP) is 2.24. The number of nitrogens with zero attached hydrogens (tertiary/aromatic N) is 2. The summed E-state index contributed by atoms with van der Waals surface area (Å²) < 4.78 is 1.29. The van der Waals surface area contributed by atoms with Gasteiger partial charge in [-0.3, -0.25) is 4.79 Å². The molecule has 1 aromatic heterocycles. The Morgan fingerprint density at radius 2 is 2.00 bits per heavy atom. The molecule has 0 aliphatic heterocycles. The van der Waals surface area contributed by atoms with Crippen LogP contribution < -0.4 is 0 Å². The summed E-state index contributed by atoms with van der Waals surface area (Å²) in [4.78, 5) is 11.5. The van der Waals surface area contributed by atoms with Gasteiger partial charge in [-0.1, -0.05) is 30.3 Å². The van der Waals surface area contributed by atoms with Crippen LogP contribution in [0.4, 0.5) is 0 Å². The van der Waals surface area contributed by atoms with Gasteiger partial charge >= 0.3 is 0 Å². The van der Waals surface area contributed by atoms with Crippen molar-refractivity contribution in [3.05, 3.63) is 60.4 Å². The first-order valence-corrected chi connectivity index (χ1v) is 4.63. The third kappa shape index (κ3) is 2.40. The van der Waals surface area contributed by atoms with E-state index in [2.05, 4.69) is 5.10 Å². The number of allylic oxidation sites excluding steroid dienone is 1. The number of hydrogen-bond donors (Lipinski definition) is 0. The van der Waals surface area contributed by atoms with Gasteiger partial charge in [0.25, 0.3) is 5.91 Å². The van der Waals surface area contributed by atoms with Crippen LogP contribution in [0.1, 0.15) is 10.4 Å². The van der Waals surface area contributed by atoms with E-state index in [1.807, 2.05) is 30.3 Å². The molecule has 0 N–H and O–H groups in total. The van der Waals surface area contributed by atoms with Gasteiger partial charge in [0.2, 0.25) is 0 Å². The lowest BCUT2D eigenvalue weighted by molar-refractivity contribution is 0.0955. The Bertz CT molecular complexity index is 458. The third-order valence-corrected chi connectivity index (χ3v) is 1.95. The number of benzene rings is 1. The van der Waals surface area contributed by atoms with Crippen molar-refractivity contribution in [2.75, 3.05) is 0 Å². The number of aromatic nitrogens is 2. The molecule has 0 atom stereocenters. The number of rotatable bonds is 2. The first-order valence-electron chi connectivity index (χ1n) is 4.63. The normalized spacial score (nSPS) is 10.7. The van der Waals surface area contributed by atoms with Crippen molar-refractivity contribution in [1.82, 2.24) is 9.78 Å². The summed E-state index contributed by atoms with van der Waals surface area (Å²) in [7, 11) is 0. The highest BCUT2D eigenvalue weighted by molar-refractivity contribution is 5.92. The minimum atomic E-state index is -0.149. The van der Waals surface area contributed by atoms with Crippen molar-refractivity contribution in [2.45, 2.75) is 0 Å². The Morgan fingerprint density at radius 1 is 1.20 bits per heavy atom. The van der Waals surface area contributed by atoms with E-state index in [9.17, 15) is 4.79 Å². The molecule has 0 radical (unpaired) electrons. The van der Waals surface area contributed by atoms with E-state index in [1.165, 1.54) is 10.8 Å². The maximum Gasteiger partial charge on any atom is 0.270 e. The first kappa shape index (κ1) is 9.40. The Balaban J connectivity index is 2.10. The SMILES string of the molecule is O=C(/C=C/c1ccccc1)n1cccn1. The van der Waals surface area contributed by atoms with E-state index < -0.39 is 0 Å². The topological polar surface area (TPSA) is 34.9 Å². The van der Waals surface area contributed by atoms with E-state index in [0.29, 0.717) is 0 Å². The Kier molecular flexibility index (Phi) is 2.74. The van der Waals surface area contributed by atoms with Gasteiger partial charge in [-0.25, -0.2) is 4.68 Å². The van der Waals surface area contributed by atoms with Gasteiger partial charge in [-0.05, 0) is 17.7 Å². The van der Waals surface area contributed by atoms with E-state index in [4.69, 9.17) is 0 Å². The van der Waals surface area contributed by atoms with E-state index >= 15 is 0 Å². The molecule has 0 fully saturated rings. The molecule has 0 bridgehead atoms. The van der Waals surface area contributed by atoms with Crippen LogP contribution in [-0.2, 0) is 0 Å². The van der Waals surface area contributed by atoms with Crippen LogP contribution in [0.5, 0.6) is 0 Å². The summed E-state index contributed by atoms with van der Waals surface area (Å²) in [6.45, 7) is 0.